The standard InChI is InChI=1S/C12H19N3O2S2/c1-18-10-8(13)9(11(14)16)19-12(10)15-6-7-4-2-3-5-17-7/h7,15H,2-6,13H2,1H3,(H2,14,16). The minimum Gasteiger partial charge on any atom is -0.396 e. The van der Waals surface area contributed by atoms with Gasteiger partial charge in [0.15, 0.2) is 0 Å². The molecule has 19 heavy (non-hydrogen) atoms. The van der Waals surface area contributed by atoms with Crippen LogP contribution in [0.5, 0.6) is 0 Å². The van der Waals surface area contributed by atoms with Crippen molar-refractivity contribution in [2.24, 2.45) is 5.73 Å². The summed E-state index contributed by atoms with van der Waals surface area (Å²) in [5.41, 5.74) is 11.7. The van der Waals surface area contributed by atoms with E-state index in [-0.39, 0.29) is 6.10 Å². The van der Waals surface area contributed by atoms with Crippen molar-refractivity contribution in [1.82, 2.24) is 0 Å². The Bertz CT molecular complexity index is 456. The molecule has 0 saturated carbocycles. The molecule has 1 aliphatic heterocycles. The summed E-state index contributed by atoms with van der Waals surface area (Å²) >= 11 is 2.84. The number of thioether (sulfide) groups is 1. The highest BCUT2D eigenvalue weighted by molar-refractivity contribution is 7.99. The van der Waals surface area contributed by atoms with Gasteiger partial charge in [0, 0.05) is 13.2 Å². The third kappa shape index (κ3) is 3.34. The zero-order chi connectivity index (χ0) is 13.8. The number of primary amides is 1. The molecule has 5 nitrogen and oxygen atoms in total. The van der Waals surface area contributed by atoms with Crippen LogP contribution >= 0.6 is 23.1 Å². The number of nitrogen functional groups attached to an aromatic ring is 1. The van der Waals surface area contributed by atoms with Gasteiger partial charge in [-0.2, -0.15) is 0 Å². The molecule has 2 rings (SSSR count). The van der Waals surface area contributed by atoms with Gasteiger partial charge in [0.25, 0.3) is 5.91 Å². The molecular weight excluding hydrogens is 282 g/mol. The fourth-order valence-electron chi connectivity index (χ4n) is 2.11. The second-order valence-corrected chi connectivity index (χ2v) is 6.28. The maximum Gasteiger partial charge on any atom is 0.261 e. The maximum absolute atomic E-state index is 11.3. The van der Waals surface area contributed by atoms with E-state index in [0.29, 0.717) is 10.6 Å². The number of amides is 1. The average Bonchev–Trinajstić information content (AvgIpc) is 2.74. The highest BCUT2D eigenvalue weighted by atomic mass is 32.2. The third-order valence-corrected chi connectivity index (χ3v) is 5.23. The van der Waals surface area contributed by atoms with Crippen LogP contribution in [0.2, 0.25) is 0 Å². The molecule has 2 heterocycles. The van der Waals surface area contributed by atoms with Crippen LogP contribution in [0.3, 0.4) is 0 Å². The number of nitrogens with one attached hydrogen (secondary N) is 1. The van der Waals surface area contributed by atoms with E-state index in [1.165, 1.54) is 29.5 Å². The van der Waals surface area contributed by atoms with Gasteiger partial charge >= 0.3 is 0 Å². The average molecular weight is 301 g/mol. The van der Waals surface area contributed by atoms with Crippen molar-refractivity contribution in [3.05, 3.63) is 4.88 Å². The predicted molar refractivity (Wildman–Crippen MR) is 81.1 cm³/mol. The maximum atomic E-state index is 11.3. The third-order valence-electron chi connectivity index (χ3n) is 3.09. The molecule has 1 aromatic heterocycles. The van der Waals surface area contributed by atoms with Crippen LogP contribution in [-0.2, 0) is 4.74 Å². The zero-order valence-corrected chi connectivity index (χ0v) is 12.5. The van der Waals surface area contributed by atoms with E-state index in [0.717, 1.165) is 35.9 Å². The molecule has 106 valence electrons. The minimum atomic E-state index is -0.472. The first-order valence-electron chi connectivity index (χ1n) is 6.25. The monoisotopic (exact) mass is 301 g/mol. The second kappa shape index (κ2) is 6.49. The fraction of sp³-hybridized carbons (Fsp3) is 0.583. The molecule has 0 bridgehead atoms. The Morgan fingerprint density at radius 3 is 2.95 bits per heavy atom. The van der Waals surface area contributed by atoms with E-state index in [1.54, 1.807) is 0 Å². The quantitative estimate of drug-likeness (QED) is 0.725. The number of hydrogen-bond acceptors (Lipinski definition) is 6. The molecule has 0 aliphatic carbocycles. The molecule has 7 heteroatoms. The Balaban J connectivity index is 2.06. The predicted octanol–water partition coefficient (Wildman–Crippen LogP) is 2.13. The van der Waals surface area contributed by atoms with Crippen LogP contribution in [0.4, 0.5) is 10.7 Å². The molecule has 5 N–H and O–H groups in total. The summed E-state index contributed by atoms with van der Waals surface area (Å²) in [6.07, 6.45) is 5.60. The van der Waals surface area contributed by atoms with Gasteiger partial charge in [-0.1, -0.05) is 0 Å². The summed E-state index contributed by atoms with van der Waals surface area (Å²) in [6.45, 7) is 1.58. The molecule has 1 amide bonds. The summed E-state index contributed by atoms with van der Waals surface area (Å²) in [5, 5.41) is 4.25. The van der Waals surface area contributed by atoms with Gasteiger partial charge in [-0.05, 0) is 25.5 Å². The van der Waals surface area contributed by atoms with E-state index in [9.17, 15) is 4.79 Å². The number of thiophene rings is 1. The molecule has 0 spiro atoms. The summed E-state index contributed by atoms with van der Waals surface area (Å²) in [6, 6.07) is 0. The van der Waals surface area contributed by atoms with Crippen LogP contribution in [0, 0.1) is 0 Å². The topological polar surface area (TPSA) is 90.4 Å². The number of carbonyl (C=O) groups excluding carboxylic acids is 1. The second-order valence-electron chi connectivity index (χ2n) is 4.44. The Labute approximate surface area is 121 Å². The number of rotatable bonds is 5. The lowest BCUT2D eigenvalue weighted by Gasteiger charge is -2.23. The largest absolute Gasteiger partial charge is 0.396 e. The molecule has 1 atom stereocenters. The molecule has 0 aromatic carbocycles. The molecule has 0 radical (unpaired) electrons. The first-order chi connectivity index (χ1) is 9.13. The number of carbonyl (C=O) groups is 1. The van der Waals surface area contributed by atoms with Crippen molar-refractivity contribution in [2.75, 3.05) is 30.5 Å². The first-order valence-corrected chi connectivity index (χ1v) is 8.29. The molecule has 1 unspecified atom stereocenters. The smallest absolute Gasteiger partial charge is 0.261 e. The summed E-state index contributed by atoms with van der Waals surface area (Å²) in [5.74, 6) is -0.472. The van der Waals surface area contributed by atoms with E-state index in [1.807, 2.05) is 6.26 Å². The SMILES string of the molecule is CSc1c(NCC2CCCCO2)sc(C(N)=O)c1N. The highest BCUT2D eigenvalue weighted by Crippen LogP contribution is 2.41. The lowest BCUT2D eigenvalue weighted by Crippen LogP contribution is -2.26. The lowest BCUT2D eigenvalue weighted by atomic mass is 10.1. The Kier molecular flexibility index (Phi) is 4.95. The van der Waals surface area contributed by atoms with Gasteiger partial charge in [-0.3, -0.25) is 4.79 Å². The van der Waals surface area contributed by atoms with E-state index in [2.05, 4.69) is 5.32 Å². The van der Waals surface area contributed by atoms with Gasteiger partial charge in [0.05, 0.1) is 16.7 Å². The van der Waals surface area contributed by atoms with Gasteiger partial charge in [0.1, 0.15) is 9.88 Å². The van der Waals surface area contributed by atoms with Crippen molar-refractivity contribution in [3.63, 3.8) is 0 Å². The van der Waals surface area contributed by atoms with Crippen molar-refractivity contribution in [2.45, 2.75) is 30.3 Å². The lowest BCUT2D eigenvalue weighted by molar-refractivity contribution is 0.0248. The Morgan fingerprint density at radius 1 is 1.58 bits per heavy atom. The number of nitrogens with two attached hydrogens (primary N) is 2. The molecular formula is C12H19N3O2S2. The van der Waals surface area contributed by atoms with Gasteiger partial charge in [0.2, 0.25) is 0 Å². The van der Waals surface area contributed by atoms with Crippen LogP contribution in [0.25, 0.3) is 0 Å². The highest BCUT2D eigenvalue weighted by Gasteiger charge is 2.20. The van der Waals surface area contributed by atoms with Crippen LogP contribution < -0.4 is 16.8 Å². The van der Waals surface area contributed by atoms with Crippen molar-refractivity contribution in [1.29, 1.82) is 0 Å². The van der Waals surface area contributed by atoms with E-state index < -0.39 is 5.91 Å². The van der Waals surface area contributed by atoms with Crippen molar-refractivity contribution in [3.8, 4) is 0 Å². The van der Waals surface area contributed by atoms with Gasteiger partial charge < -0.3 is 21.5 Å². The van der Waals surface area contributed by atoms with Crippen LogP contribution in [0.15, 0.2) is 4.90 Å². The summed E-state index contributed by atoms with van der Waals surface area (Å²) < 4.78 is 5.67. The number of hydrogen-bond donors (Lipinski definition) is 3. The van der Waals surface area contributed by atoms with Crippen LogP contribution in [-0.4, -0.2) is 31.4 Å². The fourth-order valence-corrected chi connectivity index (χ4v) is 4.00. The van der Waals surface area contributed by atoms with Gasteiger partial charge in [-0.15, -0.1) is 23.1 Å². The number of anilines is 2. The Morgan fingerprint density at radius 2 is 2.37 bits per heavy atom. The van der Waals surface area contributed by atoms with Gasteiger partial charge in [-0.25, -0.2) is 0 Å². The molecule has 1 aliphatic rings. The molecule has 1 saturated heterocycles. The first kappa shape index (κ1) is 14.5. The van der Waals surface area contributed by atoms with Crippen molar-refractivity contribution >= 4 is 39.7 Å². The zero-order valence-electron chi connectivity index (χ0n) is 10.9. The normalized spacial score (nSPS) is 19.3. The van der Waals surface area contributed by atoms with E-state index in [4.69, 9.17) is 16.2 Å². The molecule has 1 fully saturated rings. The number of ether oxygens (including phenoxy) is 1. The van der Waals surface area contributed by atoms with Crippen molar-refractivity contribution < 1.29 is 9.53 Å². The summed E-state index contributed by atoms with van der Waals surface area (Å²) in [4.78, 5) is 12.6. The van der Waals surface area contributed by atoms with E-state index >= 15 is 0 Å². The molecule has 1 aromatic rings. The summed E-state index contributed by atoms with van der Waals surface area (Å²) in [7, 11) is 0. The minimum absolute atomic E-state index is 0.240. The van der Waals surface area contributed by atoms with Crippen LogP contribution in [0.1, 0.15) is 28.9 Å². The Hall–Kier alpha value is -0.920.